The van der Waals surface area contributed by atoms with Crippen molar-refractivity contribution in [1.82, 2.24) is 34.5 Å². The summed E-state index contributed by atoms with van der Waals surface area (Å²) in [6, 6.07) is 22.3. The van der Waals surface area contributed by atoms with Gasteiger partial charge in [-0.3, -0.25) is 4.79 Å². The topological polar surface area (TPSA) is 103 Å². The van der Waals surface area contributed by atoms with Crippen LogP contribution in [0, 0.1) is 61.5 Å². The molecule has 1 aromatic carbocycles. The molecule has 0 saturated carbocycles. The molecule has 6 rings (SSSR count). The summed E-state index contributed by atoms with van der Waals surface area (Å²) in [5, 5.41) is 12.0. The second kappa shape index (κ2) is 17.7. The van der Waals surface area contributed by atoms with Crippen molar-refractivity contribution in [3.05, 3.63) is 130 Å². The van der Waals surface area contributed by atoms with E-state index in [1.54, 1.807) is 18.3 Å². The summed E-state index contributed by atoms with van der Waals surface area (Å²) in [5.41, 5.74) is 11.8. The third kappa shape index (κ3) is 9.85. The van der Waals surface area contributed by atoms with Crippen molar-refractivity contribution >= 4 is 27.5 Å². The van der Waals surface area contributed by atoms with Crippen molar-refractivity contribution in [3.63, 3.8) is 0 Å². The number of benzene rings is 1. The molecule has 0 spiro atoms. The second-order valence-electron chi connectivity index (χ2n) is 11.2. The van der Waals surface area contributed by atoms with E-state index >= 15 is 0 Å². The summed E-state index contributed by atoms with van der Waals surface area (Å²) in [5.74, 6) is 1.70. The van der Waals surface area contributed by atoms with E-state index in [1.807, 2.05) is 84.1 Å². The van der Waals surface area contributed by atoms with Gasteiger partial charge in [0, 0.05) is 30.0 Å². The predicted molar refractivity (Wildman–Crippen MR) is 192 cm³/mol. The Morgan fingerprint density at radius 3 is 1.69 bits per heavy atom. The number of halogens is 1. The van der Waals surface area contributed by atoms with Crippen LogP contribution in [-0.2, 0) is 24.6 Å². The largest absolute Gasteiger partial charge is 1.00 e. The Labute approximate surface area is 304 Å². The quantitative estimate of drug-likeness (QED) is 0.140. The molecule has 1 N–H and O–H groups in total. The van der Waals surface area contributed by atoms with Gasteiger partial charge in [0.25, 0.3) is 0 Å². The summed E-state index contributed by atoms with van der Waals surface area (Å²) in [6.45, 7) is 16.5. The molecule has 48 heavy (non-hydrogen) atoms. The zero-order valence-corrected chi connectivity index (χ0v) is 32.6. The number of aromatic nitrogens is 7. The Morgan fingerprint density at radius 2 is 1.27 bits per heavy atom. The van der Waals surface area contributed by atoms with Gasteiger partial charge in [-0.05, 0) is 119 Å². The van der Waals surface area contributed by atoms with E-state index in [0.717, 1.165) is 51.4 Å². The van der Waals surface area contributed by atoms with E-state index in [4.69, 9.17) is 0 Å². The maximum absolute atomic E-state index is 11.2. The van der Waals surface area contributed by atoms with E-state index in [9.17, 15) is 4.79 Å². The number of anilines is 1. The summed E-state index contributed by atoms with van der Waals surface area (Å²) in [7, 11) is 0. The minimum atomic E-state index is -0.0804. The van der Waals surface area contributed by atoms with E-state index < -0.39 is 0 Å². The third-order valence-electron chi connectivity index (χ3n) is 7.69. The Balaban J connectivity index is 0.000000194. The van der Waals surface area contributed by atoms with Crippen LogP contribution in [-0.4, -0.2) is 45.8 Å². The molecule has 5 heterocycles. The van der Waals surface area contributed by atoms with Crippen molar-refractivity contribution in [2.24, 2.45) is 0 Å². The van der Waals surface area contributed by atoms with Crippen LogP contribution in [0.3, 0.4) is 0 Å². The Bertz CT molecular complexity index is 1880. The van der Waals surface area contributed by atoms with Gasteiger partial charge in [0.15, 0.2) is 11.6 Å². The van der Waals surface area contributed by atoms with Crippen LogP contribution in [0.25, 0.3) is 22.9 Å². The first-order valence-electron chi connectivity index (χ1n) is 15.2. The standard InChI is InChI=1S/C13H10BrN2O.2C12H15N3.Os/c14-9-13(17)16-11-5-3-4-10(8-11)12-6-1-2-7-15-12;2*1-8-5-6-13-12(7-8)15-11(4)9(2)10(3)14-15;/h1-3,5-8H,9H2,(H,16,17);2*5-7H,1-4H3;/q-1;;;+1. The molecule has 1 amide bonds. The number of nitrogens with one attached hydrogen (secondary N) is 1. The maximum Gasteiger partial charge on any atom is 1.00 e. The molecule has 0 aliphatic rings. The zero-order valence-electron chi connectivity index (χ0n) is 28.5. The minimum absolute atomic E-state index is 0. The number of aryl methyl sites for hydroxylation is 4. The summed E-state index contributed by atoms with van der Waals surface area (Å²) in [6.07, 6.45) is 5.36. The molecular formula is C37H40BrN8OOs. The number of rotatable bonds is 5. The van der Waals surface area contributed by atoms with Crippen molar-refractivity contribution in [2.45, 2.75) is 55.4 Å². The molecule has 0 aliphatic carbocycles. The van der Waals surface area contributed by atoms with E-state index in [-0.39, 0.29) is 31.0 Å². The molecule has 5 aromatic heterocycles. The molecule has 0 saturated heterocycles. The van der Waals surface area contributed by atoms with Gasteiger partial charge >= 0.3 is 19.8 Å². The summed E-state index contributed by atoms with van der Waals surface area (Å²) in [4.78, 5) is 24.1. The SMILES string of the molecule is Cc1ccnc(-n2nc(C)c(C)c2C)c1.Cc1ccnc(-n2nc(C)c(C)c2C)c1.O=C(CBr)Nc1cc[c-]c(-c2ccccn2)c1.[Os+]. The van der Waals surface area contributed by atoms with E-state index in [2.05, 4.69) is 94.0 Å². The molecule has 9 nitrogen and oxygen atoms in total. The van der Waals surface area contributed by atoms with E-state index in [0.29, 0.717) is 0 Å². The Morgan fingerprint density at radius 1 is 0.729 bits per heavy atom. The fourth-order valence-corrected chi connectivity index (χ4v) is 4.71. The molecular weight excluding hydrogens is 843 g/mol. The van der Waals surface area contributed by atoms with E-state index in [1.165, 1.54) is 22.3 Å². The van der Waals surface area contributed by atoms with Gasteiger partial charge in [-0.15, -0.1) is 29.8 Å². The number of pyridine rings is 3. The van der Waals surface area contributed by atoms with Crippen molar-refractivity contribution < 1.29 is 24.6 Å². The number of carbonyl (C=O) groups excluding carboxylic acids is 1. The van der Waals surface area contributed by atoms with Gasteiger partial charge in [-0.25, -0.2) is 19.3 Å². The number of alkyl halides is 1. The van der Waals surface area contributed by atoms with Crippen LogP contribution >= 0.6 is 15.9 Å². The molecule has 0 fully saturated rings. The summed E-state index contributed by atoms with van der Waals surface area (Å²) >= 11 is 3.10. The zero-order chi connectivity index (χ0) is 34.1. The van der Waals surface area contributed by atoms with Crippen LogP contribution in [0.1, 0.15) is 45.0 Å². The van der Waals surface area contributed by atoms with Gasteiger partial charge in [0.1, 0.15) is 0 Å². The normalized spacial score (nSPS) is 10.2. The molecule has 0 unspecified atom stereocenters. The van der Waals surface area contributed by atoms with Gasteiger partial charge < -0.3 is 10.3 Å². The first kappa shape index (κ1) is 38.1. The monoisotopic (exact) mass is 883 g/mol. The molecule has 11 heteroatoms. The number of hydrogen-bond acceptors (Lipinski definition) is 6. The predicted octanol–water partition coefficient (Wildman–Crippen LogP) is 7.88. The van der Waals surface area contributed by atoms with Crippen LogP contribution in [0.5, 0.6) is 0 Å². The molecule has 0 aliphatic heterocycles. The van der Waals surface area contributed by atoms with Gasteiger partial charge in [-0.2, -0.15) is 10.2 Å². The first-order valence-corrected chi connectivity index (χ1v) is 16.3. The smallest absolute Gasteiger partial charge is 0.343 e. The van der Waals surface area contributed by atoms with Crippen LogP contribution in [0.15, 0.2) is 79.3 Å². The first-order chi connectivity index (χ1) is 22.5. The van der Waals surface area contributed by atoms with Gasteiger partial charge in [0.05, 0.1) is 16.7 Å². The third-order valence-corrected chi connectivity index (χ3v) is 8.20. The average molecular weight is 883 g/mol. The van der Waals surface area contributed by atoms with Gasteiger partial charge in [0.2, 0.25) is 5.91 Å². The molecule has 249 valence electrons. The average Bonchev–Trinajstić information content (AvgIpc) is 3.49. The minimum Gasteiger partial charge on any atom is -0.343 e. The Hall–Kier alpha value is -4.32. The van der Waals surface area contributed by atoms with Crippen LogP contribution < -0.4 is 5.32 Å². The number of hydrogen-bond donors (Lipinski definition) is 1. The molecule has 1 radical (unpaired) electrons. The van der Waals surface area contributed by atoms with Crippen LogP contribution in [0.2, 0.25) is 0 Å². The Kier molecular flexibility index (Phi) is 14.1. The number of nitrogens with zero attached hydrogens (tertiary/aromatic N) is 7. The van der Waals surface area contributed by atoms with Crippen molar-refractivity contribution in [2.75, 3.05) is 10.6 Å². The molecule has 0 bridgehead atoms. The molecule has 6 aromatic rings. The molecule has 0 atom stereocenters. The number of amides is 1. The van der Waals surface area contributed by atoms with Gasteiger partial charge in [-0.1, -0.05) is 28.1 Å². The van der Waals surface area contributed by atoms with Crippen molar-refractivity contribution in [3.8, 4) is 22.9 Å². The van der Waals surface area contributed by atoms with Crippen LogP contribution in [0.4, 0.5) is 5.69 Å². The maximum atomic E-state index is 11.2. The second-order valence-corrected chi connectivity index (χ2v) is 11.7. The fraction of sp³-hybridized carbons (Fsp3) is 0.243. The summed E-state index contributed by atoms with van der Waals surface area (Å²) < 4.78 is 3.80. The number of carbonyl (C=O) groups is 1. The van der Waals surface area contributed by atoms with Crippen molar-refractivity contribution in [1.29, 1.82) is 0 Å². The fourth-order valence-electron chi connectivity index (χ4n) is 4.57.